The van der Waals surface area contributed by atoms with Gasteiger partial charge in [-0.15, -0.1) is 0 Å². The molecular weight excluding hydrogens is 248 g/mol. The van der Waals surface area contributed by atoms with E-state index in [0.29, 0.717) is 12.1 Å². The molecule has 5 heteroatoms. The average molecular weight is 264 g/mol. The third-order valence-corrected chi connectivity index (χ3v) is 4.23. The largest absolute Gasteiger partial charge is 0.361 e. The van der Waals surface area contributed by atoms with E-state index in [1.54, 1.807) is 12.3 Å². The maximum Gasteiger partial charge on any atom is 0.251 e. The van der Waals surface area contributed by atoms with Gasteiger partial charge < -0.3 is 10.3 Å². The molecule has 0 aliphatic carbocycles. The van der Waals surface area contributed by atoms with Crippen molar-refractivity contribution in [3.05, 3.63) is 36.0 Å². The molecule has 1 heterocycles. The van der Waals surface area contributed by atoms with Crippen molar-refractivity contribution in [3.8, 4) is 0 Å². The van der Waals surface area contributed by atoms with E-state index in [4.69, 9.17) is 0 Å². The third-order valence-electron chi connectivity index (χ3n) is 2.93. The van der Waals surface area contributed by atoms with Gasteiger partial charge in [0.25, 0.3) is 5.91 Å². The zero-order valence-electron chi connectivity index (χ0n) is 10.4. The Morgan fingerprint density at radius 2 is 2.22 bits per heavy atom. The molecule has 4 nitrogen and oxygen atoms in total. The van der Waals surface area contributed by atoms with E-state index in [-0.39, 0.29) is 11.2 Å². The second-order valence-corrected chi connectivity index (χ2v) is 6.10. The zero-order valence-corrected chi connectivity index (χ0v) is 11.2. The molecule has 0 saturated carbocycles. The Morgan fingerprint density at radius 1 is 1.44 bits per heavy atom. The predicted octanol–water partition coefficient (Wildman–Crippen LogP) is 1.66. The smallest absolute Gasteiger partial charge is 0.251 e. The molecule has 1 aromatic heterocycles. The first-order valence-electron chi connectivity index (χ1n) is 5.75. The topological polar surface area (TPSA) is 62.0 Å². The number of H-pyrrole nitrogens is 1. The number of aromatic amines is 1. The number of aromatic nitrogens is 1. The van der Waals surface area contributed by atoms with Gasteiger partial charge in [-0.2, -0.15) is 0 Å². The number of carbonyl (C=O) groups excluding carboxylic acids is 1. The SMILES string of the molecule is CC(CNC(=O)c1ccc2[nH]ccc2c1)S(C)=O. The van der Waals surface area contributed by atoms with E-state index in [1.807, 2.05) is 31.3 Å². The van der Waals surface area contributed by atoms with Gasteiger partial charge in [-0.3, -0.25) is 9.00 Å². The number of hydrogen-bond donors (Lipinski definition) is 2. The molecule has 1 aromatic carbocycles. The number of hydrogen-bond acceptors (Lipinski definition) is 2. The van der Waals surface area contributed by atoms with Crippen LogP contribution >= 0.6 is 0 Å². The van der Waals surface area contributed by atoms with Crippen molar-refractivity contribution in [2.45, 2.75) is 12.2 Å². The molecule has 0 aliphatic heterocycles. The minimum Gasteiger partial charge on any atom is -0.361 e. The summed E-state index contributed by atoms with van der Waals surface area (Å²) in [7, 11) is -0.919. The Kier molecular flexibility index (Phi) is 3.81. The van der Waals surface area contributed by atoms with Crippen molar-refractivity contribution in [1.82, 2.24) is 10.3 Å². The standard InChI is InChI=1S/C13H16N2O2S/c1-9(18(2)17)8-15-13(16)11-3-4-12-10(7-11)5-6-14-12/h3-7,9,14H,8H2,1-2H3,(H,15,16). The van der Waals surface area contributed by atoms with Crippen LogP contribution in [0.15, 0.2) is 30.5 Å². The van der Waals surface area contributed by atoms with Crippen LogP contribution in [0, 0.1) is 0 Å². The minimum atomic E-state index is -0.919. The number of nitrogens with one attached hydrogen (secondary N) is 2. The first-order chi connectivity index (χ1) is 8.58. The number of fused-ring (bicyclic) bond motifs is 1. The molecule has 96 valence electrons. The number of carbonyl (C=O) groups is 1. The predicted molar refractivity (Wildman–Crippen MR) is 74.2 cm³/mol. The molecule has 2 rings (SSSR count). The quantitative estimate of drug-likeness (QED) is 0.882. The van der Waals surface area contributed by atoms with Crippen LogP contribution in [0.1, 0.15) is 17.3 Å². The summed E-state index contributed by atoms with van der Waals surface area (Å²) in [5.41, 5.74) is 1.63. The Bertz CT molecular complexity index is 591. The van der Waals surface area contributed by atoms with Gasteiger partial charge in [-0.05, 0) is 31.2 Å². The van der Waals surface area contributed by atoms with Crippen LogP contribution in [-0.4, -0.2) is 33.2 Å². The van der Waals surface area contributed by atoms with E-state index in [1.165, 1.54) is 0 Å². The molecule has 0 fully saturated rings. The second kappa shape index (κ2) is 5.35. The van der Waals surface area contributed by atoms with E-state index in [2.05, 4.69) is 10.3 Å². The monoisotopic (exact) mass is 264 g/mol. The van der Waals surface area contributed by atoms with Crippen molar-refractivity contribution in [2.75, 3.05) is 12.8 Å². The lowest BCUT2D eigenvalue weighted by Gasteiger charge is -2.10. The summed E-state index contributed by atoms with van der Waals surface area (Å²) in [5, 5.41) is 3.77. The fraction of sp³-hybridized carbons (Fsp3) is 0.308. The molecule has 1 amide bonds. The normalized spacial score (nSPS) is 14.3. The van der Waals surface area contributed by atoms with E-state index in [9.17, 15) is 9.00 Å². The van der Waals surface area contributed by atoms with Crippen molar-refractivity contribution < 1.29 is 9.00 Å². The van der Waals surface area contributed by atoms with Crippen LogP contribution in [0.4, 0.5) is 0 Å². The number of amides is 1. The Hall–Kier alpha value is -1.62. The highest BCUT2D eigenvalue weighted by Gasteiger charge is 2.10. The molecule has 0 spiro atoms. The van der Waals surface area contributed by atoms with Crippen molar-refractivity contribution in [1.29, 1.82) is 0 Å². The summed E-state index contributed by atoms with van der Waals surface area (Å²) in [6.45, 7) is 2.28. The molecule has 2 N–H and O–H groups in total. The highest BCUT2D eigenvalue weighted by Crippen LogP contribution is 2.14. The van der Waals surface area contributed by atoms with Crippen LogP contribution in [0.3, 0.4) is 0 Å². The van der Waals surface area contributed by atoms with E-state index < -0.39 is 10.8 Å². The summed E-state index contributed by atoms with van der Waals surface area (Å²) < 4.78 is 11.2. The van der Waals surface area contributed by atoms with Gasteiger partial charge in [0.05, 0.1) is 0 Å². The van der Waals surface area contributed by atoms with Crippen molar-refractivity contribution in [3.63, 3.8) is 0 Å². The lowest BCUT2D eigenvalue weighted by Crippen LogP contribution is -2.32. The van der Waals surface area contributed by atoms with Crippen molar-refractivity contribution in [2.24, 2.45) is 0 Å². The molecule has 2 aromatic rings. The first kappa shape index (κ1) is 12.8. The van der Waals surface area contributed by atoms with Gasteiger partial charge in [0.15, 0.2) is 0 Å². The fourth-order valence-corrected chi connectivity index (χ4v) is 1.97. The molecule has 2 atom stereocenters. The maximum atomic E-state index is 11.9. The second-order valence-electron chi connectivity index (χ2n) is 4.30. The fourth-order valence-electron chi connectivity index (χ4n) is 1.65. The van der Waals surface area contributed by atoms with Crippen LogP contribution in [0.25, 0.3) is 10.9 Å². The summed E-state index contributed by atoms with van der Waals surface area (Å²) in [5.74, 6) is -0.129. The van der Waals surface area contributed by atoms with Crippen molar-refractivity contribution >= 4 is 27.6 Å². The van der Waals surface area contributed by atoms with Crippen LogP contribution in [-0.2, 0) is 10.8 Å². The van der Waals surface area contributed by atoms with Crippen LogP contribution in [0.2, 0.25) is 0 Å². The van der Waals surface area contributed by atoms with Gasteiger partial charge in [0.2, 0.25) is 0 Å². The number of rotatable bonds is 4. The zero-order chi connectivity index (χ0) is 13.1. The molecule has 0 saturated heterocycles. The third kappa shape index (κ3) is 2.79. The Labute approximate surface area is 108 Å². The van der Waals surface area contributed by atoms with Gasteiger partial charge >= 0.3 is 0 Å². The molecule has 0 radical (unpaired) electrons. The highest BCUT2D eigenvalue weighted by molar-refractivity contribution is 7.84. The molecule has 2 unspecified atom stereocenters. The molecule has 18 heavy (non-hydrogen) atoms. The van der Waals surface area contributed by atoms with Crippen LogP contribution < -0.4 is 5.32 Å². The number of benzene rings is 1. The van der Waals surface area contributed by atoms with Crippen LogP contribution in [0.5, 0.6) is 0 Å². The average Bonchev–Trinajstić information content (AvgIpc) is 2.82. The molecule has 0 bridgehead atoms. The summed E-state index contributed by atoms with van der Waals surface area (Å²) in [6, 6.07) is 7.43. The van der Waals surface area contributed by atoms with Gasteiger partial charge in [0.1, 0.15) is 0 Å². The Morgan fingerprint density at radius 3 is 2.94 bits per heavy atom. The summed E-state index contributed by atoms with van der Waals surface area (Å²) in [4.78, 5) is 15.0. The maximum absolute atomic E-state index is 11.9. The molecule has 0 aliphatic rings. The first-order valence-corrected chi connectivity index (χ1v) is 7.37. The summed E-state index contributed by atoms with van der Waals surface area (Å²) >= 11 is 0. The summed E-state index contributed by atoms with van der Waals surface area (Å²) in [6.07, 6.45) is 3.48. The Balaban J connectivity index is 2.06. The molecular formula is C13H16N2O2S. The lowest BCUT2D eigenvalue weighted by atomic mass is 10.1. The lowest BCUT2D eigenvalue weighted by molar-refractivity contribution is 0.0954. The minimum absolute atomic E-state index is 0.0371. The van der Waals surface area contributed by atoms with Gasteiger partial charge in [-0.1, -0.05) is 0 Å². The highest BCUT2D eigenvalue weighted by atomic mass is 32.2. The van der Waals surface area contributed by atoms with E-state index >= 15 is 0 Å². The van der Waals surface area contributed by atoms with Gasteiger partial charge in [-0.25, -0.2) is 0 Å². The van der Waals surface area contributed by atoms with E-state index in [0.717, 1.165) is 10.9 Å². The van der Waals surface area contributed by atoms with Gasteiger partial charge in [0, 0.05) is 51.5 Å².